The van der Waals surface area contributed by atoms with Crippen molar-refractivity contribution >= 4 is 28.5 Å². The van der Waals surface area contributed by atoms with Crippen LogP contribution < -0.4 is 5.32 Å². The van der Waals surface area contributed by atoms with Crippen molar-refractivity contribution in [3.05, 3.63) is 46.0 Å². The van der Waals surface area contributed by atoms with E-state index in [4.69, 9.17) is 5.26 Å². The average Bonchev–Trinajstić information content (AvgIpc) is 2.94. The van der Waals surface area contributed by atoms with Crippen molar-refractivity contribution < 1.29 is 9.90 Å². The molecule has 0 fully saturated rings. The largest absolute Gasteiger partial charge is 0.507 e. The van der Waals surface area contributed by atoms with Crippen LogP contribution in [0.2, 0.25) is 0 Å². The molecule has 0 saturated heterocycles. The van der Waals surface area contributed by atoms with Crippen molar-refractivity contribution in [3.8, 4) is 11.8 Å². The first-order chi connectivity index (χ1) is 10.0. The number of rotatable bonds is 3. The van der Waals surface area contributed by atoms with Gasteiger partial charge in [0.25, 0.3) is 5.91 Å². The highest BCUT2D eigenvalue weighted by molar-refractivity contribution is 7.13. The van der Waals surface area contributed by atoms with E-state index in [1.165, 1.54) is 17.4 Å². The Bertz CT molecular complexity index is 720. The van der Waals surface area contributed by atoms with Gasteiger partial charge in [-0.1, -0.05) is 0 Å². The minimum atomic E-state index is -0.504. The molecule has 106 valence electrons. The van der Waals surface area contributed by atoms with Crippen LogP contribution >= 0.6 is 11.3 Å². The highest BCUT2D eigenvalue weighted by atomic mass is 32.1. The van der Waals surface area contributed by atoms with E-state index in [-0.39, 0.29) is 11.3 Å². The molecule has 0 saturated carbocycles. The van der Waals surface area contributed by atoms with Crippen LogP contribution in [-0.4, -0.2) is 16.0 Å². The van der Waals surface area contributed by atoms with E-state index in [1.54, 1.807) is 37.6 Å². The Balaban J connectivity index is 2.29. The number of aryl methyl sites for hydroxylation is 2. The lowest BCUT2D eigenvalue weighted by molar-refractivity contribution is -0.112. The number of thiazole rings is 1. The molecule has 1 heterocycles. The zero-order chi connectivity index (χ0) is 15.4. The average molecular weight is 299 g/mol. The molecule has 2 N–H and O–H groups in total. The SMILES string of the molecule is Cc1cc(C=C(C#N)C(=O)Nc2nccs2)cc(C)c1O. The van der Waals surface area contributed by atoms with Gasteiger partial charge in [-0.3, -0.25) is 10.1 Å². The number of carbonyl (C=O) groups is 1. The Hall–Kier alpha value is -2.65. The molecule has 1 aromatic carbocycles. The summed E-state index contributed by atoms with van der Waals surface area (Å²) in [5.74, 6) is -0.284. The van der Waals surface area contributed by atoms with Crippen molar-refractivity contribution in [1.29, 1.82) is 5.26 Å². The van der Waals surface area contributed by atoms with Crippen LogP contribution in [0, 0.1) is 25.2 Å². The number of hydrogen-bond acceptors (Lipinski definition) is 5. The first-order valence-electron chi connectivity index (χ1n) is 6.14. The van der Waals surface area contributed by atoms with Crippen molar-refractivity contribution in [2.24, 2.45) is 0 Å². The maximum atomic E-state index is 12.0. The van der Waals surface area contributed by atoms with Gasteiger partial charge >= 0.3 is 0 Å². The molecule has 1 aromatic heterocycles. The second-order valence-corrected chi connectivity index (χ2v) is 5.36. The second-order valence-electron chi connectivity index (χ2n) is 4.46. The lowest BCUT2D eigenvalue weighted by Crippen LogP contribution is -2.13. The fourth-order valence-corrected chi connectivity index (χ4v) is 2.36. The van der Waals surface area contributed by atoms with Gasteiger partial charge < -0.3 is 5.11 Å². The van der Waals surface area contributed by atoms with Gasteiger partial charge in [0.1, 0.15) is 17.4 Å². The Labute approximate surface area is 126 Å². The van der Waals surface area contributed by atoms with E-state index in [0.717, 1.165) is 0 Å². The monoisotopic (exact) mass is 299 g/mol. The molecule has 0 atom stereocenters. The predicted molar refractivity (Wildman–Crippen MR) is 81.9 cm³/mol. The number of phenols is 1. The molecule has 2 rings (SSSR count). The van der Waals surface area contributed by atoms with E-state index >= 15 is 0 Å². The number of nitrogens with zero attached hydrogens (tertiary/aromatic N) is 2. The zero-order valence-corrected chi connectivity index (χ0v) is 12.4. The third-order valence-electron chi connectivity index (χ3n) is 2.84. The summed E-state index contributed by atoms with van der Waals surface area (Å²) in [6, 6.07) is 5.32. The molecular weight excluding hydrogens is 286 g/mol. The van der Waals surface area contributed by atoms with Gasteiger partial charge in [0.05, 0.1) is 0 Å². The number of aromatic nitrogens is 1. The molecule has 21 heavy (non-hydrogen) atoms. The summed E-state index contributed by atoms with van der Waals surface area (Å²) < 4.78 is 0. The summed E-state index contributed by atoms with van der Waals surface area (Å²) in [5, 5.41) is 23.6. The number of nitriles is 1. The minimum Gasteiger partial charge on any atom is -0.507 e. The Kier molecular flexibility index (Phi) is 4.36. The van der Waals surface area contributed by atoms with E-state index in [9.17, 15) is 9.90 Å². The number of hydrogen-bond donors (Lipinski definition) is 2. The molecule has 0 aliphatic carbocycles. The summed E-state index contributed by atoms with van der Waals surface area (Å²) in [4.78, 5) is 15.9. The first-order valence-corrected chi connectivity index (χ1v) is 7.02. The highest BCUT2D eigenvalue weighted by Crippen LogP contribution is 2.24. The standard InChI is InChI=1S/C15H13N3O2S/c1-9-5-11(6-10(2)13(9)19)7-12(8-16)14(20)18-15-17-3-4-21-15/h3-7,19H,1-2H3,(H,17,18,20). The molecule has 1 amide bonds. The van der Waals surface area contributed by atoms with Crippen molar-refractivity contribution in [3.63, 3.8) is 0 Å². The fourth-order valence-electron chi connectivity index (χ4n) is 1.84. The van der Waals surface area contributed by atoms with Crippen molar-refractivity contribution in [2.45, 2.75) is 13.8 Å². The molecule has 0 spiro atoms. The summed E-state index contributed by atoms with van der Waals surface area (Å²) in [5.41, 5.74) is 2.06. The molecule has 0 bridgehead atoms. The van der Waals surface area contributed by atoms with E-state index < -0.39 is 5.91 Å². The maximum Gasteiger partial charge on any atom is 0.268 e. The van der Waals surface area contributed by atoms with Crippen molar-refractivity contribution in [1.82, 2.24) is 4.98 Å². The van der Waals surface area contributed by atoms with Gasteiger partial charge in [-0.2, -0.15) is 5.26 Å². The van der Waals surface area contributed by atoms with Gasteiger partial charge in [0, 0.05) is 11.6 Å². The number of nitrogens with one attached hydrogen (secondary N) is 1. The summed E-state index contributed by atoms with van der Waals surface area (Å²) >= 11 is 1.28. The number of phenolic OH excluding ortho intramolecular Hbond substituents is 1. The van der Waals surface area contributed by atoms with Crippen LogP contribution in [0.5, 0.6) is 5.75 Å². The summed E-state index contributed by atoms with van der Waals surface area (Å²) in [6.45, 7) is 3.53. The van der Waals surface area contributed by atoms with E-state index in [1.807, 2.05) is 6.07 Å². The third-order valence-corrected chi connectivity index (χ3v) is 3.53. The van der Waals surface area contributed by atoms with Crippen molar-refractivity contribution in [2.75, 3.05) is 5.32 Å². The molecule has 0 radical (unpaired) electrons. The van der Waals surface area contributed by atoms with Crippen LogP contribution in [0.3, 0.4) is 0 Å². The minimum absolute atomic E-state index is 0.0188. The zero-order valence-electron chi connectivity index (χ0n) is 11.5. The number of amides is 1. The molecular formula is C15H13N3O2S. The topological polar surface area (TPSA) is 86.0 Å². The lowest BCUT2D eigenvalue weighted by Gasteiger charge is -2.05. The summed E-state index contributed by atoms with van der Waals surface area (Å²) in [7, 11) is 0. The quantitative estimate of drug-likeness (QED) is 0.674. The maximum absolute atomic E-state index is 12.0. The fraction of sp³-hybridized carbons (Fsp3) is 0.133. The van der Waals surface area contributed by atoms with Gasteiger partial charge in [0.2, 0.25) is 0 Å². The van der Waals surface area contributed by atoms with Crippen LogP contribution in [0.4, 0.5) is 5.13 Å². The molecule has 6 heteroatoms. The van der Waals surface area contributed by atoms with Gasteiger partial charge in [-0.25, -0.2) is 4.98 Å². The number of aromatic hydroxyl groups is 1. The molecule has 0 aliphatic rings. The highest BCUT2D eigenvalue weighted by Gasteiger charge is 2.11. The van der Waals surface area contributed by atoms with E-state index in [2.05, 4.69) is 10.3 Å². The first kappa shape index (κ1) is 14.8. The Morgan fingerprint density at radius 2 is 2.10 bits per heavy atom. The van der Waals surface area contributed by atoms with Gasteiger partial charge in [-0.05, 0) is 48.7 Å². The molecule has 0 aliphatic heterocycles. The number of benzene rings is 1. The number of anilines is 1. The predicted octanol–water partition coefficient (Wildman–Crippen LogP) is 3.01. The molecule has 2 aromatic rings. The third kappa shape index (κ3) is 3.46. The van der Waals surface area contributed by atoms with E-state index in [0.29, 0.717) is 21.8 Å². The van der Waals surface area contributed by atoms with Crippen LogP contribution in [0.1, 0.15) is 16.7 Å². The van der Waals surface area contributed by atoms with Crippen LogP contribution in [0.15, 0.2) is 29.3 Å². The van der Waals surface area contributed by atoms with Crippen LogP contribution in [-0.2, 0) is 4.79 Å². The summed E-state index contributed by atoms with van der Waals surface area (Å²) in [6.07, 6.45) is 3.06. The second kappa shape index (κ2) is 6.20. The smallest absolute Gasteiger partial charge is 0.268 e. The Morgan fingerprint density at radius 1 is 1.43 bits per heavy atom. The molecule has 5 nitrogen and oxygen atoms in total. The van der Waals surface area contributed by atoms with Gasteiger partial charge in [0.15, 0.2) is 5.13 Å². The van der Waals surface area contributed by atoms with Crippen LogP contribution in [0.25, 0.3) is 6.08 Å². The normalized spacial score (nSPS) is 11.0. The van der Waals surface area contributed by atoms with Gasteiger partial charge in [-0.15, -0.1) is 11.3 Å². The Morgan fingerprint density at radius 3 is 2.62 bits per heavy atom. The lowest BCUT2D eigenvalue weighted by atomic mass is 10.0. The number of carbonyl (C=O) groups excluding carboxylic acids is 1. The molecule has 0 unspecified atom stereocenters.